The molecule has 0 unspecified atom stereocenters. The van der Waals surface area contributed by atoms with E-state index in [9.17, 15) is 14.4 Å². The van der Waals surface area contributed by atoms with Crippen LogP contribution in [0.25, 0.3) is 11.3 Å². The monoisotopic (exact) mass is 316 g/mol. The second kappa shape index (κ2) is 6.35. The van der Waals surface area contributed by atoms with Gasteiger partial charge in [-0.15, -0.1) is 0 Å². The first-order valence-electron chi connectivity index (χ1n) is 6.30. The molecule has 0 saturated heterocycles. The summed E-state index contributed by atoms with van der Waals surface area (Å²) < 4.78 is 0.688. The predicted octanol–water partition coefficient (Wildman–Crippen LogP) is 1.35. The van der Waals surface area contributed by atoms with Gasteiger partial charge in [-0.1, -0.05) is 30.3 Å². The van der Waals surface area contributed by atoms with Crippen molar-refractivity contribution in [2.24, 2.45) is 5.10 Å². The van der Waals surface area contributed by atoms with Crippen molar-refractivity contribution >= 4 is 29.5 Å². The Kier molecular flexibility index (Phi) is 4.52. The Bertz CT molecular complexity index is 865. The van der Waals surface area contributed by atoms with Crippen molar-refractivity contribution in [3.63, 3.8) is 0 Å². The van der Waals surface area contributed by atoms with Crippen molar-refractivity contribution in [3.05, 3.63) is 45.5 Å². The largest absolute Gasteiger partial charge is 0.301 e. The van der Waals surface area contributed by atoms with Gasteiger partial charge in [0, 0.05) is 19.4 Å². The van der Waals surface area contributed by atoms with Crippen molar-refractivity contribution in [3.8, 4) is 11.3 Å². The molecular formula is C14H12N4O3S. The molecule has 0 saturated carbocycles. The lowest BCUT2D eigenvalue weighted by molar-refractivity contribution is -0.114. The van der Waals surface area contributed by atoms with E-state index >= 15 is 0 Å². The van der Waals surface area contributed by atoms with Crippen LogP contribution in [0, 0.1) is 4.77 Å². The second-order valence-corrected chi connectivity index (χ2v) is 4.81. The summed E-state index contributed by atoms with van der Waals surface area (Å²) in [4.78, 5) is 35.3. The average Bonchev–Trinajstić information content (AvgIpc) is 2.47. The van der Waals surface area contributed by atoms with E-state index in [2.05, 4.69) is 15.3 Å². The molecule has 0 aliphatic carbocycles. The van der Waals surface area contributed by atoms with Crippen molar-refractivity contribution in [2.75, 3.05) is 0 Å². The van der Waals surface area contributed by atoms with Crippen LogP contribution in [0.15, 0.2) is 40.2 Å². The maximum absolute atomic E-state index is 12.5. The van der Waals surface area contributed by atoms with Crippen LogP contribution < -0.4 is 5.56 Å². The molecule has 1 heterocycles. The molecule has 0 aliphatic rings. The molecular weight excluding hydrogens is 304 g/mol. The van der Waals surface area contributed by atoms with Crippen LogP contribution in [0.2, 0.25) is 0 Å². The average molecular weight is 316 g/mol. The maximum atomic E-state index is 12.5. The predicted molar refractivity (Wildman–Crippen MR) is 83.3 cm³/mol. The van der Waals surface area contributed by atoms with Gasteiger partial charge >= 0.3 is 5.56 Å². The van der Waals surface area contributed by atoms with Gasteiger partial charge in [-0.3, -0.25) is 19.5 Å². The number of aromatic amines is 1. The minimum atomic E-state index is -0.616. The van der Waals surface area contributed by atoms with Gasteiger partial charge in [0.25, 0.3) is 0 Å². The number of Topliss-reactive ketones (excluding diaryl/α,β-unsaturated/α-hetero) is 2. The Morgan fingerprint density at radius 2 is 1.77 bits per heavy atom. The molecule has 1 aromatic carbocycles. The summed E-state index contributed by atoms with van der Waals surface area (Å²) in [5.74, 6) is -1.10. The molecule has 112 valence electrons. The minimum Gasteiger partial charge on any atom is -0.293 e. The van der Waals surface area contributed by atoms with Crippen molar-refractivity contribution in [1.29, 1.82) is 0 Å². The van der Waals surface area contributed by atoms with Crippen molar-refractivity contribution < 1.29 is 9.59 Å². The quantitative estimate of drug-likeness (QED) is 0.521. The lowest BCUT2D eigenvalue weighted by atomic mass is 10.2. The van der Waals surface area contributed by atoms with Crippen LogP contribution in [0.1, 0.15) is 13.8 Å². The zero-order valence-corrected chi connectivity index (χ0v) is 12.7. The molecule has 7 nitrogen and oxygen atoms in total. The van der Waals surface area contributed by atoms with Gasteiger partial charge in [-0.2, -0.15) is 14.9 Å². The van der Waals surface area contributed by atoms with Gasteiger partial charge in [0.1, 0.15) is 0 Å². The van der Waals surface area contributed by atoms with Crippen molar-refractivity contribution in [1.82, 2.24) is 14.9 Å². The van der Waals surface area contributed by atoms with Crippen LogP contribution >= 0.6 is 12.2 Å². The number of nitrogens with zero attached hydrogens (tertiary/aromatic N) is 3. The number of aromatic nitrogens is 3. The van der Waals surface area contributed by atoms with Crippen LogP contribution in [0.5, 0.6) is 0 Å². The third-order valence-electron chi connectivity index (χ3n) is 2.76. The van der Waals surface area contributed by atoms with Gasteiger partial charge in [0.15, 0.2) is 23.0 Å². The first kappa shape index (κ1) is 15.6. The second-order valence-electron chi connectivity index (χ2n) is 4.42. The number of hydrogen-bond acceptors (Lipinski definition) is 6. The number of rotatable bonds is 4. The highest BCUT2D eigenvalue weighted by atomic mass is 32.1. The Labute approximate surface area is 130 Å². The molecule has 0 spiro atoms. The van der Waals surface area contributed by atoms with Crippen LogP contribution in [-0.2, 0) is 9.59 Å². The molecule has 1 N–H and O–H groups in total. The van der Waals surface area contributed by atoms with Gasteiger partial charge < -0.3 is 0 Å². The standard InChI is InChI=1S/C14H12N4O3S/c1-8(19)11(9(2)20)17-18-13(21)12(15-16-14(18)22)10-6-4-3-5-7-10/h3-7H,1-2H3,(H,16,22). The number of benzene rings is 1. The Morgan fingerprint density at radius 1 is 1.18 bits per heavy atom. The summed E-state index contributed by atoms with van der Waals surface area (Å²) in [5.41, 5.74) is -0.318. The number of carbonyl (C=O) groups excluding carboxylic acids is 2. The molecule has 0 amide bonds. The molecule has 0 radical (unpaired) electrons. The van der Waals surface area contributed by atoms with E-state index < -0.39 is 17.1 Å². The zero-order chi connectivity index (χ0) is 16.3. The van der Waals surface area contributed by atoms with E-state index in [4.69, 9.17) is 12.2 Å². The fourth-order valence-electron chi connectivity index (χ4n) is 1.76. The number of ketones is 2. The highest BCUT2D eigenvalue weighted by Gasteiger charge is 2.15. The first-order valence-corrected chi connectivity index (χ1v) is 6.70. The number of hydrogen-bond donors (Lipinski definition) is 1. The summed E-state index contributed by atoms with van der Waals surface area (Å²) >= 11 is 4.96. The molecule has 2 rings (SSSR count). The van der Waals surface area contributed by atoms with Gasteiger partial charge in [0.2, 0.25) is 4.77 Å². The van der Waals surface area contributed by atoms with Gasteiger partial charge in [0.05, 0.1) is 0 Å². The molecule has 0 aliphatic heterocycles. The SMILES string of the molecule is CC(=O)C(=Nn1c(=S)[nH]nc(-c2ccccc2)c1=O)C(C)=O. The smallest absolute Gasteiger partial charge is 0.293 e. The Morgan fingerprint density at radius 3 is 2.32 bits per heavy atom. The molecule has 1 aromatic heterocycles. The number of nitrogens with one attached hydrogen (secondary N) is 1. The summed E-state index contributed by atoms with van der Waals surface area (Å²) in [6.45, 7) is 2.38. The Hall–Kier alpha value is -2.74. The summed E-state index contributed by atoms with van der Waals surface area (Å²) in [6.07, 6.45) is 0. The van der Waals surface area contributed by atoms with E-state index in [1.165, 1.54) is 13.8 Å². The van der Waals surface area contributed by atoms with Crippen LogP contribution in [0.3, 0.4) is 0 Å². The topological polar surface area (TPSA) is 97.2 Å². The molecule has 0 atom stereocenters. The van der Waals surface area contributed by atoms with E-state index in [0.29, 0.717) is 5.56 Å². The third-order valence-corrected chi connectivity index (χ3v) is 3.03. The fraction of sp³-hybridized carbons (Fsp3) is 0.143. The highest BCUT2D eigenvalue weighted by Crippen LogP contribution is 2.10. The maximum Gasteiger partial charge on any atom is 0.301 e. The Balaban J connectivity index is 2.71. The summed E-state index contributed by atoms with van der Waals surface area (Å²) in [6, 6.07) is 8.70. The lowest BCUT2D eigenvalue weighted by Gasteiger charge is -2.04. The van der Waals surface area contributed by atoms with Crippen LogP contribution in [-0.4, -0.2) is 32.2 Å². The minimum absolute atomic E-state index is 0.0874. The van der Waals surface area contributed by atoms with E-state index in [1.807, 2.05) is 0 Å². The molecule has 8 heteroatoms. The summed E-state index contributed by atoms with van der Waals surface area (Å²) in [5, 5.41) is 10.2. The molecule has 0 bridgehead atoms. The highest BCUT2D eigenvalue weighted by molar-refractivity contribution is 7.71. The lowest BCUT2D eigenvalue weighted by Crippen LogP contribution is -2.27. The molecule has 0 fully saturated rings. The van der Waals surface area contributed by atoms with E-state index in [-0.39, 0.29) is 16.2 Å². The normalized spacial score (nSPS) is 10.1. The van der Waals surface area contributed by atoms with Crippen LogP contribution in [0.4, 0.5) is 0 Å². The number of H-pyrrole nitrogens is 1. The van der Waals surface area contributed by atoms with Gasteiger partial charge in [-0.25, -0.2) is 0 Å². The first-order chi connectivity index (χ1) is 10.4. The molecule has 2 aromatic rings. The van der Waals surface area contributed by atoms with E-state index in [1.54, 1.807) is 30.3 Å². The van der Waals surface area contributed by atoms with E-state index in [0.717, 1.165) is 4.68 Å². The molecule has 22 heavy (non-hydrogen) atoms. The third kappa shape index (κ3) is 3.12. The van der Waals surface area contributed by atoms with Gasteiger partial charge in [-0.05, 0) is 12.2 Å². The fourth-order valence-corrected chi connectivity index (χ4v) is 1.92. The summed E-state index contributed by atoms with van der Waals surface area (Å²) in [7, 11) is 0. The number of carbonyl (C=O) groups is 2. The zero-order valence-electron chi connectivity index (χ0n) is 11.9. The van der Waals surface area contributed by atoms with Crippen molar-refractivity contribution in [2.45, 2.75) is 13.8 Å².